The SMILES string of the molecule is O=C(O)Cc1noc2cc(F)c(N3C(=O)C4CCCCC4C3=O)cc12. The number of anilines is 1. The number of rotatable bonds is 3. The number of imide groups is 1. The van der Waals surface area contributed by atoms with Crippen molar-refractivity contribution in [2.24, 2.45) is 11.8 Å². The second kappa shape index (κ2) is 5.65. The molecule has 0 radical (unpaired) electrons. The Bertz CT molecular complexity index is 882. The number of aromatic nitrogens is 1. The van der Waals surface area contributed by atoms with Crippen LogP contribution in [0, 0.1) is 17.7 Å². The van der Waals surface area contributed by atoms with E-state index in [1.807, 2.05) is 0 Å². The standard InChI is InChI=1S/C17H15FN2O5/c18-11-6-14-10(12(19-25-14)7-15(21)22)5-13(11)20-16(23)8-3-1-2-4-9(8)17(20)24/h5-6,8-9H,1-4,7H2,(H,21,22). The lowest BCUT2D eigenvalue weighted by atomic mass is 9.81. The molecule has 25 heavy (non-hydrogen) atoms. The Labute approximate surface area is 141 Å². The van der Waals surface area contributed by atoms with E-state index in [4.69, 9.17) is 9.63 Å². The third kappa shape index (κ3) is 2.40. The summed E-state index contributed by atoms with van der Waals surface area (Å²) in [5, 5.41) is 12.9. The lowest BCUT2D eigenvalue weighted by Crippen LogP contribution is -2.31. The largest absolute Gasteiger partial charge is 0.481 e. The van der Waals surface area contributed by atoms with Crippen LogP contribution in [0.25, 0.3) is 11.0 Å². The maximum absolute atomic E-state index is 14.5. The summed E-state index contributed by atoms with van der Waals surface area (Å²) in [6, 6.07) is 2.32. The molecule has 8 heteroatoms. The zero-order valence-corrected chi connectivity index (χ0v) is 13.2. The number of carboxylic acid groups (broad SMARTS) is 1. The van der Waals surface area contributed by atoms with Gasteiger partial charge in [0, 0.05) is 11.5 Å². The molecule has 2 amide bonds. The maximum atomic E-state index is 14.5. The molecule has 1 aromatic heterocycles. The molecular weight excluding hydrogens is 331 g/mol. The predicted molar refractivity (Wildman–Crippen MR) is 83.2 cm³/mol. The first-order chi connectivity index (χ1) is 12.0. The molecule has 1 saturated carbocycles. The molecule has 2 heterocycles. The van der Waals surface area contributed by atoms with E-state index < -0.39 is 30.0 Å². The molecule has 2 aromatic rings. The number of aliphatic carboxylic acids is 1. The van der Waals surface area contributed by atoms with Gasteiger partial charge in [0.15, 0.2) is 11.4 Å². The van der Waals surface area contributed by atoms with Gasteiger partial charge in [-0.2, -0.15) is 0 Å². The predicted octanol–water partition coefficient (Wildman–Crippen LogP) is 2.27. The summed E-state index contributed by atoms with van der Waals surface area (Å²) >= 11 is 0. The number of halogens is 1. The summed E-state index contributed by atoms with van der Waals surface area (Å²) in [4.78, 5) is 37.1. The summed E-state index contributed by atoms with van der Waals surface area (Å²) in [5.74, 6) is -3.44. The number of carbonyl (C=O) groups excluding carboxylic acids is 2. The number of benzene rings is 1. The van der Waals surface area contributed by atoms with E-state index in [9.17, 15) is 18.8 Å². The molecule has 4 rings (SSSR count). The average molecular weight is 346 g/mol. The number of carbonyl (C=O) groups is 3. The Morgan fingerprint density at radius 3 is 2.48 bits per heavy atom. The van der Waals surface area contributed by atoms with Gasteiger partial charge < -0.3 is 9.63 Å². The van der Waals surface area contributed by atoms with Crippen molar-refractivity contribution >= 4 is 34.4 Å². The van der Waals surface area contributed by atoms with E-state index in [-0.39, 0.29) is 34.2 Å². The van der Waals surface area contributed by atoms with Gasteiger partial charge >= 0.3 is 5.97 Å². The highest BCUT2D eigenvalue weighted by Crippen LogP contribution is 2.41. The highest BCUT2D eigenvalue weighted by Gasteiger charge is 2.49. The summed E-state index contributed by atoms with van der Waals surface area (Å²) in [7, 11) is 0. The first kappa shape index (κ1) is 15.7. The lowest BCUT2D eigenvalue weighted by molar-refractivity contribution is -0.136. The highest BCUT2D eigenvalue weighted by atomic mass is 19.1. The van der Waals surface area contributed by atoms with Gasteiger partial charge in [0.25, 0.3) is 0 Å². The Hall–Kier alpha value is -2.77. The van der Waals surface area contributed by atoms with E-state index in [2.05, 4.69) is 5.16 Å². The quantitative estimate of drug-likeness (QED) is 0.856. The van der Waals surface area contributed by atoms with Crippen LogP contribution >= 0.6 is 0 Å². The lowest BCUT2D eigenvalue weighted by Gasteiger charge is -2.19. The van der Waals surface area contributed by atoms with Crippen molar-refractivity contribution in [2.45, 2.75) is 32.1 Å². The van der Waals surface area contributed by atoms with Gasteiger partial charge in [-0.3, -0.25) is 14.4 Å². The molecule has 2 fully saturated rings. The van der Waals surface area contributed by atoms with Crippen LogP contribution in [0.5, 0.6) is 0 Å². The Balaban J connectivity index is 1.80. The molecule has 0 spiro atoms. The van der Waals surface area contributed by atoms with Crippen LogP contribution in [0.15, 0.2) is 16.7 Å². The molecule has 0 bridgehead atoms. The Kier molecular flexibility index (Phi) is 3.55. The van der Waals surface area contributed by atoms with Crippen LogP contribution in [0.3, 0.4) is 0 Å². The minimum absolute atomic E-state index is 0.0778. The Morgan fingerprint density at radius 1 is 1.24 bits per heavy atom. The number of fused-ring (bicyclic) bond motifs is 2. The van der Waals surface area contributed by atoms with Gasteiger partial charge in [0.1, 0.15) is 5.69 Å². The van der Waals surface area contributed by atoms with E-state index >= 15 is 0 Å². The van der Waals surface area contributed by atoms with Crippen molar-refractivity contribution < 1.29 is 28.4 Å². The van der Waals surface area contributed by atoms with Gasteiger partial charge in [-0.05, 0) is 18.9 Å². The highest BCUT2D eigenvalue weighted by molar-refractivity contribution is 6.22. The van der Waals surface area contributed by atoms with E-state index in [1.165, 1.54) is 6.07 Å². The number of carboxylic acids is 1. The van der Waals surface area contributed by atoms with E-state index in [1.54, 1.807) is 0 Å². The summed E-state index contributed by atoms with van der Waals surface area (Å²) in [5.41, 5.74) is 0.0426. The van der Waals surface area contributed by atoms with Crippen LogP contribution in [0.2, 0.25) is 0 Å². The molecule has 1 aliphatic heterocycles. The zero-order valence-electron chi connectivity index (χ0n) is 13.2. The van der Waals surface area contributed by atoms with Crippen molar-refractivity contribution in [3.05, 3.63) is 23.6 Å². The first-order valence-corrected chi connectivity index (χ1v) is 8.15. The molecule has 130 valence electrons. The van der Waals surface area contributed by atoms with Gasteiger partial charge in [0.05, 0.1) is 23.9 Å². The summed E-state index contributed by atoms with van der Waals surface area (Å²) in [6.45, 7) is 0. The van der Waals surface area contributed by atoms with E-state index in [0.717, 1.165) is 23.8 Å². The molecular formula is C17H15FN2O5. The van der Waals surface area contributed by atoms with Crippen molar-refractivity contribution in [2.75, 3.05) is 4.90 Å². The van der Waals surface area contributed by atoms with Crippen molar-refractivity contribution in [1.82, 2.24) is 5.16 Å². The average Bonchev–Trinajstić information content (AvgIpc) is 3.06. The minimum atomic E-state index is -1.11. The molecule has 1 saturated heterocycles. The summed E-state index contributed by atoms with van der Waals surface area (Å²) in [6.07, 6.45) is 2.62. The Morgan fingerprint density at radius 2 is 1.88 bits per heavy atom. The third-order valence-corrected chi connectivity index (χ3v) is 5.01. The fraction of sp³-hybridized carbons (Fsp3) is 0.412. The number of nitrogens with zero attached hydrogens (tertiary/aromatic N) is 2. The van der Waals surface area contributed by atoms with Crippen molar-refractivity contribution in [1.29, 1.82) is 0 Å². The molecule has 7 nitrogen and oxygen atoms in total. The van der Waals surface area contributed by atoms with Gasteiger partial charge in [-0.1, -0.05) is 18.0 Å². The normalized spacial score (nSPS) is 23.3. The summed E-state index contributed by atoms with van der Waals surface area (Å²) < 4.78 is 19.5. The number of hydrogen-bond donors (Lipinski definition) is 1. The van der Waals surface area contributed by atoms with Crippen LogP contribution in [-0.2, 0) is 20.8 Å². The maximum Gasteiger partial charge on any atom is 0.309 e. The van der Waals surface area contributed by atoms with Gasteiger partial charge in [-0.15, -0.1) is 0 Å². The fourth-order valence-electron chi connectivity index (χ4n) is 3.84. The van der Waals surface area contributed by atoms with Gasteiger partial charge in [-0.25, -0.2) is 9.29 Å². The van der Waals surface area contributed by atoms with E-state index in [0.29, 0.717) is 12.8 Å². The molecule has 1 aliphatic carbocycles. The fourth-order valence-corrected chi connectivity index (χ4v) is 3.84. The topological polar surface area (TPSA) is 101 Å². The smallest absolute Gasteiger partial charge is 0.309 e. The third-order valence-electron chi connectivity index (χ3n) is 5.01. The van der Waals surface area contributed by atoms with Crippen molar-refractivity contribution in [3.63, 3.8) is 0 Å². The second-order valence-corrected chi connectivity index (χ2v) is 6.51. The monoisotopic (exact) mass is 346 g/mol. The van der Waals surface area contributed by atoms with Crippen LogP contribution in [-0.4, -0.2) is 28.0 Å². The molecule has 1 N–H and O–H groups in total. The second-order valence-electron chi connectivity index (χ2n) is 6.51. The van der Waals surface area contributed by atoms with Gasteiger partial charge in [0.2, 0.25) is 11.8 Å². The number of hydrogen-bond acceptors (Lipinski definition) is 5. The first-order valence-electron chi connectivity index (χ1n) is 8.15. The minimum Gasteiger partial charge on any atom is -0.481 e. The molecule has 2 atom stereocenters. The van der Waals surface area contributed by atoms with Crippen LogP contribution in [0.4, 0.5) is 10.1 Å². The van der Waals surface area contributed by atoms with Crippen LogP contribution in [0.1, 0.15) is 31.4 Å². The number of amides is 2. The zero-order chi connectivity index (χ0) is 17.7. The molecule has 2 unspecified atom stereocenters. The molecule has 2 aliphatic rings. The van der Waals surface area contributed by atoms with Crippen LogP contribution < -0.4 is 4.90 Å². The molecule has 1 aromatic carbocycles. The van der Waals surface area contributed by atoms with Crippen molar-refractivity contribution in [3.8, 4) is 0 Å².